The molecule has 3 aromatic rings. The van der Waals surface area contributed by atoms with Crippen LogP contribution < -0.4 is 15.8 Å². The molecule has 0 unspecified atom stereocenters. The van der Waals surface area contributed by atoms with E-state index in [1.807, 2.05) is 55.1 Å². The van der Waals surface area contributed by atoms with E-state index in [-0.39, 0.29) is 24.0 Å². The summed E-state index contributed by atoms with van der Waals surface area (Å²) in [6, 6.07) is 16.5. The van der Waals surface area contributed by atoms with Gasteiger partial charge in [-0.05, 0) is 73.0 Å². The number of aromatic nitrogens is 1. The third-order valence-corrected chi connectivity index (χ3v) is 6.48. The normalized spacial score (nSPS) is 14.9. The summed E-state index contributed by atoms with van der Waals surface area (Å²) in [7, 11) is 0. The first-order chi connectivity index (χ1) is 18.2. The molecule has 0 spiro atoms. The Hall–Kier alpha value is -3.88. The minimum Gasteiger partial charge on any atom is -0.490 e. The third kappa shape index (κ3) is 6.90. The summed E-state index contributed by atoms with van der Waals surface area (Å²) in [6.07, 6.45) is 4.67. The molecule has 2 heterocycles. The molecule has 0 aliphatic carbocycles. The topological polar surface area (TPSA) is 107 Å². The molecule has 0 bridgehead atoms. The summed E-state index contributed by atoms with van der Waals surface area (Å²) in [5.41, 5.74) is 8.47. The Balaban J connectivity index is 1.28. The minimum atomic E-state index is -0.341. The second-order valence-electron chi connectivity index (χ2n) is 9.53. The lowest BCUT2D eigenvalue weighted by molar-refractivity contribution is -0.116. The fourth-order valence-electron chi connectivity index (χ4n) is 4.07. The number of nitrogen functional groups attached to an aromatic ring is 1. The van der Waals surface area contributed by atoms with Gasteiger partial charge in [-0.3, -0.25) is 9.59 Å². The van der Waals surface area contributed by atoms with Crippen LogP contribution in [-0.2, 0) is 9.53 Å². The number of nitrogens with two attached hydrogens (primary N) is 1. The van der Waals surface area contributed by atoms with E-state index in [0.717, 1.165) is 16.7 Å². The van der Waals surface area contributed by atoms with Crippen LogP contribution in [0.1, 0.15) is 29.8 Å². The molecule has 1 aliphatic rings. The van der Waals surface area contributed by atoms with Crippen LogP contribution in [0.5, 0.6) is 5.75 Å². The van der Waals surface area contributed by atoms with Gasteiger partial charge in [-0.15, -0.1) is 0 Å². The number of morpholine rings is 1. The maximum absolute atomic E-state index is 13.0. The molecule has 9 heteroatoms. The summed E-state index contributed by atoms with van der Waals surface area (Å²) < 4.78 is 11.3. The van der Waals surface area contributed by atoms with E-state index in [2.05, 4.69) is 10.3 Å². The third-order valence-electron chi connectivity index (χ3n) is 6.18. The van der Waals surface area contributed by atoms with E-state index in [0.29, 0.717) is 48.5 Å². The number of carbonyl (C=O) groups is 2. The summed E-state index contributed by atoms with van der Waals surface area (Å²) in [5, 5.41) is 3.22. The summed E-state index contributed by atoms with van der Waals surface area (Å²) in [6.45, 7) is 6.24. The second-order valence-corrected chi connectivity index (χ2v) is 9.94. The molecule has 198 valence electrons. The lowest BCUT2D eigenvalue weighted by Gasteiger charge is -2.42. The number of rotatable bonds is 8. The van der Waals surface area contributed by atoms with Crippen LogP contribution in [0.15, 0.2) is 66.9 Å². The van der Waals surface area contributed by atoms with E-state index in [1.165, 1.54) is 6.08 Å². The van der Waals surface area contributed by atoms with Crippen molar-refractivity contribution in [1.82, 2.24) is 15.2 Å². The zero-order chi connectivity index (χ0) is 27.1. The molecule has 8 nitrogen and oxygen atoms in total. The monoisotopic (exact) mass is 534 g/mol. The number of hydrogen-bond donors (Lipinski definition) is 2. The van der Waals surface area contributed by atoms with Crippen molar-refractivity contribution in [3.8, 4) is 16.9 Å². The molecular formula is C29H31ClN4O4. The highest BCUT2D eigenvalue weighted by Gasteiger charge is 2.34. The van der Waals surface area contributed by atoms with Crippen molar-refractivity contribution in [3.63, 3.8) is 0 Å². The van der Waals surface area contributed by atoms with Crippen molar-refractivity contribution >= 4 is 35.3 Å². The Bertz CT molecular complexity index is 1310. The number of benzene rings is 2. The number of ether oxygens (including phenoxy) is 2. The van der Waals surface area contributed by atoms with Crippen molar-refractivity contribution in [2.45, 2.75) is 19.4 Å². The van der Waals surface area contributed by atoms with Crippen molar-refractivity contribution in [2.75, 3.05) is 38.6 Å². The van der Waals surface area contributed by atoms with Gasteiger partial charge in [0, 0.05) is 24.4 Å². The molecule has 2 aromatic carbocycles. The van der Waals surface area contributed by atoms with Gasteiger partial charge in [0.25, 0.3) is 5.91 Å². The van der Waals surface area contributed by atoms with E-state index in [1.54, 1.807) is 30.5 Å². The molecule has 1 aliphatic heterocycles. The van der Waals surface area contributed by atoms with E-state index >= 15 is 0 Å². The first kappa shape index (κ1) is 27.2. The zero-order valence-corrected chi connectivity index (χ0v) is 22.2. The van der Waals surface area contributed by atoms with Gasteiger partial charge in [-0.2, -0.15) is 0 Å². The molecular weight excluding hydrogens is 504 g/mol. The molecule has 38 heavy (non-hydrogen) atoms. The summed E-state index contributed by atoms with van der Waals surface area (Å²) in [4.78, 5) is 30.9. The van der Waals surface area contributed by atoms with Crippen LogP contribution in [0.3, 0.4) is 0 Å². The Labute approximate surface area is 227 Å². The molecule has 1 fully saturated rings. The molecule has 0 atom stereocenters. The van der Waals surface area contributed by atoms with Crippen LogP contribution in [0.4, 0.5) is 5.82 Å². The predicted octanol–water partition coefficient (Wildman–Crippen LogP) is 4.44. The molecule has 0 radical (unpaired) electrons. The quantitative estimate of drug-likeness (QED) is 0.327. The van der Waals surface area contributed by atoms with Gasteiger partial charge in [0.2, 0.25) is 5.91 Å². The molecule has 2 amide bonds. The van der Waals surface area contributed by atoms with Crippen molar-refractivity contribution in [1.29, 1.82) is 0 Å². The van der Waals surface area contributed by atoms with Crippen molar-refractivity contribution in [2.24, 2.45) is 0 Å². The van der Waals surface area contributed by atoms with Gasteiger partial charge >= 0.3 is 0 Å². The average Bonchev–Trinajstić information content (AvgIpc) is 2.91. The van der Waals surface area contributed by atoms with Gasteiger partial charge in [0.15, 0.2) is 0 Å². The Morgan fingerprint density at radius 2 is 1.92 bits per heavy atom. The largest absolute Gasteiger partial charge is 0.490 e. The number of halogens is 1. The van der Waals surface area contributed by atoms with Gasteiger partial charge in [-0.1, -0.05) is 29.8 Å². The second kappa shape index (κ2) is 12.1. The van der Waals surface area contributed by atoms with Crippen LogP contribution in [0.2, 0.25) is 5.02 Å². The van der Waals surface area contributed by atoms with Crippen LogP contribution in [0, 0.1) is 0 Å². The van der Waals surface area contributed by atoms with E-state index < -0.39 is 0 Å². The lowest BCUT2D eigenvalue weighted by atomic mass is 9.99. The number of nitrogens with one attached hydrogen (secondary N) is 1. The van der Waals surface area contributed by atoms with Crippen LogP contribution in [-0.4, -0.2) is 60.1 Å². The summed E-state index contributed by atoms with van der Waals surface area (Å²) >= 11 is 6.45. The van der Waals surface area contributed by atoms with Crippen molar-refractivity contribution < 1.29 is 19.1 Å². The maximum atomic E-state index is 13.0. The number of nitrogens with zero attached hydrogens (tertiary/aromatic N) is 2. The molecule has 0 saturated carbocycles. The molecule has 3 N–H and O–H groups in total. The van der Waals surface area contributed by atoms with Gasteiger partial charge in [0.1, 0.15) is 18.2 Å². The first-order valence-electron chi connectivity index (χ1n) is 12.3. The predicted molar refractivity (Wildman–Crippen MR) is 149 cm³/mol. The standard InChI is InChI=1S/C29H31ClN4O4/c1-29(2)19-37-16-14-34(29)28(36)22-7-5-21(6-8-22)23-9-10-25(24(30)17-23)38-15-13-32-27(35)12-4-20-3-11-26(31)33-18-20/h3-12,17-18H,13-16,19H2,1-2H3,(H2,31,33)(H,32,35)/b12-4+. The fraction of sp³-hybridized carbons (Fsp3) is 0.276. The first-order valence-corrected chi connectivity index (χ1v) is 12.7. The number of carbonyl (C=O) groups excluding carboxylic acids is 2. The highest BCUT2D eigenvalue weighted by atomic mass is 35.5. The molecule has 1 saturated heterocycles. The van der Waals surface area contributed by atoms with Gasteiger partial charge in [0.05, 0.1) is 30.3 Å². The number of hydrogen-bond acceptors (Lipinski definition) is 6. The maximum Gasteiger partial charge on any atom is 0.254 e. The van der Waals surface area contributed by atoms with E-state index in [9.17, 15) is 9.59 Å². The Morgan fingerprint density at radius 3 is 2.61 bits per heavy atom. The smallest absolute Gasteiger partial charge is 0.254 e. The highest BCUT2D eigenvalue weighted by Crippen LogP contribution is 2.31. The SMILES string of the molecule is CC1(C)COCCN1C(=O)c1ccc(-c2ccc(OCCNC(=O)/C=C/c3ccc(N)nc3)c(Cl)c2)cc1. The number of amides is 2. The summed E-state index contributed by atoms with van der Waals surface area (Å²) in [5.74, 6) is 0.700. The minimum absolute atomic E-state index is 0.00327. The Morgan fingerprint density at radius 1 is 1.16 bits per heavy atom. The van der Waals surface area contributed by atoms with Crippen LogP contribution >= 0.6 is 11.6 Å². The Kier molecular flexibility index (Phi) is 8.66. The zero-order valence-electron chi connectivity index (χ0n) is 21.4. The number of anilines is 1. The van der Waals surface area contributed by atoms with Crippen LogP contribution in [0.25, 0.3) is 17.2 Å². The molecule has 1 aromatic heterocycles. The lowest BCUT2D eigenvalue weighted by Crippen LogP contribution is -2.55. The van der Waals surface area contributed by atoms with Gasteiger partial charge < -0.3 is 25.4 Å². The highest BCUT2D eigenvalue weighted by molar-refractivity contribution is 6.32. The average molecular weight is 535 g/mol. The number of pyridine rings is 1. The van der Waals surface area contributed by atoms with E-state index in [4.69, 9.17) is 26.8 Å². The molecule has 4 rings (SSSR count). The van der Waals surface area contributed by atoms with Gasteiger partial charge in [-0.25, -0.2) is 4.98 Å². The van der Waals surface area contributed by atoms with Crippen molar-refractivity contribution in [3.05, 3.63) is 83.0 Å². The fourth-order valence-corrected chi connectivity index (χ4v) is 4.31.